The molecule has 0 unspecified atom stereocenters. The van der Waals surface area contributed by atoms with Crippen LogP contribution in [0.1, 0.15) is 51.5 Å². The van der Waals surface area contributed by atoms with E-state index in [1.165, 1.54) is 57.3 Å². The van der Waals surface area contributed by atoms with Gasteiger partial charge in [0.05, 0.1) is 11.6 Å². The number of benzene rings is 1. The molecule has 0 saturated carbocycles. The minimum atomic E-state index is 0. The van der Waals surface area contributed by atoms with Crippen LogP contribution < -0.4 is 10.1 Å². The molecule has 26 heavy (non-hydrogen) atoms. The van der Waals surface area contributed by atoms with E-state index in [-0.39, 0.29) is 24.8 Å². The fourth-order valence-corrected chi connectivity index (χ4v) is 4.20. The smallest absolute Gasteiger partial charge is 0.137 e. The summed E-state index contributed by atoms with van der Waals surface area (Å²) in [5.41, 5.74) is 1.17. The third-order valence-electron chi connectivity index (χ3n) is 4.09. The standard InChI is InChI=1S/C19H32Br2N2O.2ClH/c1-4-6-10-23(11-7-5-2)12-8-9-22-15-16-13-17(20)14-18(21)19(16)24-3;;/h13-14,22H,4-12,15H2,1-3H3;2*1H. The zero-order valence-corrected chi connectivity index (χ0v) is 21.0. The van der Waals surface area contributed by atoms with Crippen LogP contribution in [0.2, 0.25) is 0 Å². The Balaban J connectivity index is 0. The molecular weight excluding hydrogens is 503 g/mol. The first-order valence-corrected chi connectivity index (χ1v) is 10.7. The number of nitrogens with one attached hydrogen (secondary N) is 1. The highest BCUT2D eigenvalue weighted by molar-refractivity contribution is 9.11. The maximum Gasteiger partial charge on any atom is 0.137 e. The highest BCUT2D eigenvalue weighted by Gasteiger charge is 2.09. The summed E-state index contributed by atoms with van der Waals surface area (Å²) in [6.45, 7) is 10.1. The van der Waals surface area contributed by atoms with Crippen molar-refractivity contribution in [3.05, 3.63) is 26.6 Å². The fourth-order valence-electron chi connectivity index (χ4n) is 2.72. The number of hydrogen-bond donors (Lipinski definition) is 1. The molecule has 7 heteroatoms. The minimum Gasteiger partial charge on any atom is -0.495 e. The lowest BCUT2D eigenvalue weighted by Gasteiger charge is -2.22. The largest absolute Gasteiger partial charge is 0.495 e. The van der Waals surface area contributed by atoms with Crippen LogP contribution in [0, 0.1) is 0 Å². The monoisotopic (exact) mass is 534 g/mol. The van der Waals surface area contributed by atoms with Crippen LogP contribution in [0.5, 0.6) is 5.75 Å². The van der Waals surface area contributed by atoms with Crippen LogP contribution in [0.25, 0.3) is 0 Å². The second-order valence-electron chi connectivity index (χ2n) is 6.16. The molecule has 0 heterocycles. The van der Waals surface area contributed by atoms with E-state index >= 15 is 0 Å². The van der Waals surface area contributed by atoms with Crippen molar-refractivity contribution in [1.29, 1.82) is 0 Å². The topological polar surface area (TPSA) is 24.5 Å². The van der Waals surface area contributed by atoms with Crippen LogP contribution in [0.3, 0.4) is 0 Å². The van der Waals surface area contributed by atoms with Gasteiger partial charge >= 0.3 is 0 Å². The Morgan fingerprint density at radius 2 is 1.54 bits per heavy atom. The molecule has 0 aliphatic heterocycles. The first kappa shape index (κ1) is 28.7. The van der Waals surface area contributed by atoms with Gasteiger partial charge in [0.15, 0.2) is 0 Å². The van der Waals surface area contributed by atoms with Gasteiger partial charge in [0, 0.05) is 16.6 Å². The van der Waals surface area contributed by atoms with Crippen molar-refractivity contribution in [1.82, 2.24) is 10.2 Å². The molecule has 1 aromatic rings. The van der Waals surface area contributed by atoms with Crippen LogP contribution >= 0.6 is 56.7 Å². The van der Waals surface area contributed by atoms with Gasteiger partial charge in [-0.2, -0.15) is 0 Å². The maximum atomic E-state index is 5.50. The Labute approximate surface area is 189 Å². The average Bonchev–Trinajstić information content (AvgIpc) is 2.56. The minimum absolute atomic E-state index is 0. The van der Waals surface area contributed by atoms with Gasteiger partial charge in [-0.05, 0) is 73.5 Å². The predicted molar refractivity (Wildman–Crippen MR) is 125 cm³/mol. The third-order valence-corrected chi connectivity index (χ3v) is 5.14. The summed E-state index contributed by atoms with van der Waals surface area (Å²) in [4.78, 5) is 2.62. The Morgan fingerprint density at radius 3 is 2.08 bits per heavy atom. The van der Waals surface area contributed by atoms with E-state index in [2.05, 4.69) is 62.0 Å². The summed E-state index contributed by atoms with van der Waals surface area (Å²) in [5.74, 6) is 0.915. The zero-order chi connectivity index (χ0) is 17.8. The summed E-state index contributed by atoms with van der Waals surface area (Å²) in [7, 11) is 1.72. The highest BCUT2D eigenvalue weighted by Crippen LogP contribution is 2.32. The Hall–Kier alpha value is 0.480. The van der Waals surface area contributed by atoms with Crippen molar-refractivity contribution >= 4 is 56.7 Å². The SMILES string of the molecule is CCCCN(CCCC)CCCNCc1cc(Br)cc(Br)c1OC.Cl.Cl. The second-order valence-corrected chi connectivity index (χ2v) is 7.93. The highest BCUT2D eigenvalue weighted by atomic mass is 79.9. The van der Waals surface area contributed by atoms with Gasteiger partial charge in [0.1, 0.15) is 5.75 Å². The molecule has 1 rings (SSSR count). The Kier molecular flexibility index (Phi) is 19.4. The summed E-state index contributed by atoms with van der Waals surface area (Å²) in [6, 6.07) is 4.13. The van der Waals surface area contributed by atoms with Crippen LogP contribution in [-0.4, -0.2) is 38.2 Å². The number of ether oxygens (including phenoxy) is 1. The quantitative estimate of drug-likeness (QED) is 0.293. The predicted octanol–water partition coefficient (Wildman–Crippen LogP) is 6.45. The molecule has 0 bridgehead atoms. The summed E-state index contributed by atoms with van der Waals surface area (Å²) in [5, 5.41) is 3.55. The van der Waals surface area contributed by atoms with Gasteiger partial charge in [-0.1, -0.05) is 42.6 Å². The van der Waals surface area contributed by atoms with Crippen LogP contribution in [-0.2, 0) is 6.54 Å². The molecule has 0 aliphatic carbocycles. The summed E-state index contributed by atoms with van der Waals surface area (Å²) >= 11 is 7.10. The van der Waals surface area contributed by atoms with Gasteiger partial charge in [-0.3, -0.25) is 0 Å². The summed E-state index contributed by atoms with van der Waals surface area (Å²) in [6.07, 6.45) is 6.35. The number of halogens is 4. The van der Waals surface area contributed by atoms with E-state index in [9.17, 15) is 0 Å². The van der Waals surface area contributed by atoms with Crippen molar-refractivity contribution < 1.29 is 4.74 Å². The summed E-state index contributed by atoms with van der Waals surface area (Å²) < 4.78 is 7.55. The van der Waals surface area contributed by atoms with E-state index in [1.807, 2.05) is 6.07 Å². The lowest BCUT2D eigenvalue weighted by molar-refractivity contribution is 0.261. The number of methoxy groups -OCH3 is 1. The van der Waals surface area contributed by atoms with E-state index in [0.717, 1.165) is 27.8 Å². The van der Waals surface area contributed by atoms with Gasteiger partial charge in [-0.15, -0.1) is 24.8 Å². The number of hydrogen-bond acceptors (Lipinski definition) is 3. The second kappa shape index (κ2) is 17.6. The molecule has 0 spiro atoms. The molecule has 1 aromatic carbocycles. The third kappa shape index (κ3) is 11.4. The maximum absolute atomic E-state index is 5.50. The van der Waals surface area contributed by atoms with E-state index in [0.29, 0.717) is 0 Å². The van der Waals surface area contributed by atoms with Crippen molar-refractivity contribution in [2.75, 3.05) is 33.3 Å². The molecule has 0 aromatic heterocycles. The molecule has 3 nitrogen and oxygen atoms in total. The van der Waals surface area contributed by atoms with E-state index in [1.54, 1.807) is 7.11 Å². The molecular formula is C19H34Br2Cl2N2O. The van der Waals surface area contributed by atoms with Crippen molar-refractivity contribution in [2.45, 2.75) is 52.5 Å². The average molecular weight is 537 g/mol. The van der Waals surface area contributed by atoms with Gasteiger partial charge in [0.25, 0.3) is 0 Å². The first-order valence-electron chi connectivity index (χ1n) is 9.07. The Morgan fingerprint density at radius 1 is 0.962 bits per heavy atom. The zero-order valence-electron chi connectivity index (χ0n) is 16.2. The van der Waals surface area contributed by atoms with Gasteiger partial charge < -0.3 is 15.0 Å². The molecule has 0 fully saturated rings. The number of rotatable bonds is 13. The van der Waals surface area contributed by atoms with E-state index < -0.39 is 0 Å². The number of unbranched alkanes of at least 4 members (excludes halogenated alkanes) is 2. The molecule has 154 valence electrons. The molecule has 0 radical (unpaired) electrons. The first-order chi connectivity index (χ1) is 11.6. The van der Waals surface area contributed by atoms with Crippen LogP contribution in [0.4, 0.5) is 0 Å². The van der Waals surface area contributed by atoms with Crippen LogP contribution in [0.15, 0.2) is 21.1 Å². The normalized spacial score (nSPS) is 10.4. The molecule has 1 N–H and O–H groups in total. The van der Waals surface area contributed by atoms with Crippen molar-refractivity contribution in [3.8, 4) is 5.75 Å². The number of nitrogens with zero attached hydrogens (tertiary/aromatic N) is 1. The molecule has 0 saturated heterocycles. The lowest BCUT2D eigenvalue weighted by Crippen LogP contribution is -2.29. The molecule has 0 amide bonds. The van der Waals surface area contributed by atoms with E-state index in [4.69, 9.17) is 4.74 Å². The van der Waals surface area contributed by atoms with Crippen molar-refractivity contribution in [2.24, 2.45) is 0 Å². The van der Waals surface area contributed by atoms with Crippen molar-refractivity contribution in [3.63, 3.8) is 0 Å². The van der Waals surface area contributed by atoms with Gasteiger partial charge in [0.2, 0.25) is 0 Å². The fraction of sp³-hybridized carbons (Fsp3) is 0.684. The molecule has 0 aliphatic rings. The molecule has 0 atom stereocenters. The Bertz CT molecular complexity index is 471. The lowest BCUT2D eigenvalue weighted by atomic mass is 10.2. The van der Waals surface area contributed by atoms with Gasteiger partial charge in [-0.25, -0.2) is 0 Å².